The van der Waals surface area contributed by atoms with Gasteiger partial charge < -0.3 is 10.0 Å². The van der Waals surface area contributed by atoms with Crippen molar-refractivity contribution in [2.45, 2.75) is 25.3 Å². The minimum absolute atomic E-state index is 0.0418. The van der Waals surface area contributed by atoms with Crippen LogP contribution >= 0.6 is 0 Å². The maximum absolute atomic E-state index is 13.1. The van der Waals surface area contributed by atoms with Crippen molar-refractivity contribution in [1.82, 2.24) is 4.90 Å². The van der Waals surface area contributed by atoms with Crippen LogP contribution in [0.1, 0.15) is 29.6 Å². The molecule has 0 bridgehead atoms. The number of amides is 1. The molecule has 2 rings (SSSR count). The predicted molar refractivity (Wildman–Crippen MR) is 62.4 cm³/mol. The van der Waals surface area contributed by atoms with Crippen molar-refractivity contribution in [3.63, 3.8) is 0 Å². The van der Waals surface area contributed by atoms with Crippen molar-refractivity contribution >= 4 is 5.91 Å². The van der Waals surface area contributed by atoms with E-state index < -0.39 is 11.7 Å². The molecule has 0 atom stereocenters. The Labute approximate surface area is 104 Å². The summed E-state index contributed by atoms with van der Waals surface area (Å²) >= 11 is 0. The second kappa shape index (κ2) is 5.05. The molecule has 18 heavy (non-hydrogen) atoms. The Morgan fingerprint density at radius 2 is 2.28 bits per heavy atom. The molecular formula is C13H13FN2O2. The van der Waals surface area contributed by atoms with Crippen molar-refractivity contribution in [2.75, 3.05) is 6.54 Å². The maximum Gasteiger partial charge on any atom is 0.257 e. The zero-order valence-electron chi connectivity index (χ0n) is 9.77. The highest BCUT2D eigenvalue weighted by atomic mass is 19.1. The first-order valence-electron chi connectivity index (χ1n) is 5.80. The molecule has 0 aliphatic heterocycles. The van der Waals surface area contributed by atoms with Crippen LogP contribution in [0.25, 0.3) is 0 Å². The lowest BCUT2D eigenvalue weighted by Gasteiger charge is -2.21. The van der Waals surface area contributed by atoms with Crippen molar-refractivity contribution in [3.8, 4) is 11.8 Å². The molecule has 1 aromatic carbocycles. The van der Waals surface area contributed by atoms with E-state index in [1.807, 2.05) is 6.07 Å². The minimum atomic E-state index is -0.563. The monoisotopic (exact) mass is 248 g/mol. The normalized spacial score (nSPS) is 14.0. The van der Waals surface area contributed by atoms with Crippen LogP contribution < -0.4 is 0 Å². The van der Waals surface area contributed by atoms with Gasteiger partial charge in [-0.3, -0.25) is 4.79 Å². The molecule has 0 radical (unpaired) electrons. The Bertz CT molecular complexity index is 506. The fraction of sp³-hybridized carbons (Fsp3) is 0.385. The fourth-order valence-electron chi connectivity index (χ4n) is 1.84. The summed E-state index contributed by atoms with van der Waals surface area (Å²) in [5.41, 5.74) is -0.0418. The lowest BCUT2D eigenvalue weighted by Crippen LogP contribution is -2.34. The Hall–Kier alpha value is -2.09. The number of phenolic OH excluding ortho intramolecular Hbond substituents is 1. The molecule has 1 saturated carbocycles. The molecule has 0 heterocycles. The van der Waals surface area contributed by atoms with E-state index in [2.05, 4.69) is 0 Å². The highest BCUT2D eigenvalue weighted by Gasteiger charge is 2.33. The average Bonchev–Trinajstić information content (AvgIpc) is 3.17. The molecule has 1 aliphatic carbocycles. The number of hydrogen-bond acceptors (Lipinski definition) is 3. The zero-order chi connectivity index (χ0) is 13.1. The van der Waals surface area contributed by atoms with Crippen molar-refractivity contribution in [2.24, 2.45) is 0 Å². The first kappa shape index (κ1) is 12.4. The molecule has 5 heteroatoms. The van der Waals surface area contributed by atoms with Gasteiger partial charge in [0.1, 0.15) is 11.6 Å². The molecule has 4 nitrogen and oxygen atoms in total. The quantitative estimate of drug-likeness (QED) is 0.886. The lowest BCUT2D eigenvalue weighted by atomic mass is 10.1. The van der Waals surface area contributed by atoms with E-state index in [-0.39, 0.29) is 23.8 Å². The maximum atomic E-state index is 13.1. The highest BCUT2D eigenvalue weighted by molar-refractivity contribution is 5.97. The number of hydrogen-bond donors (Lipinski definition) is 1. The lowest BCUT2D eigenvalue weighted by molar-refractivity contribution is 0.0743. The van der Waals surface area contributed by atoms with Gasteiger partial charge in [0, 0.05) is 12.6 Å². The van der Waals surface area contributed by atoms with Gasteiger partial charge in [0.15, 0.2) is 0 Å². The van der Waals surface area contributed by atoms with Crippen LogP contribution in [0.5, 0.6) is 5.75 Å². The Morgan fingerprint density at radius 3 is 2.89 bits per heavy atom. The van der Waals surface area contributed by atoms with E-state index in [4.69, 9.17) is 5.26 Å². The van der Waals surface area contributed by atoms with Gasteiger partial charge in [0.2, 0.25) is 0 Å². The number of phenols is 1. The van der Waals surface area contributed by atoms with Crippen LogP contribution in [0.3, 0.4) is 0 Å². The predicted octanol–water partition coefficient (Wildman–Crippen LogP) is 2.05. The van der Waals surface area contributed by atoms with Crippen LogP contribution in [0, 0.1) is 17.1 Å². The van der Waals surface area contributed by atoms with E-state index in [0.717, 1.165) is 31.0 Å². The number of benzene rings is 1. The van der Waals surface area contributed by atoms with Crippen LogP contribution in [0.15, 0.2) is 18.2 Å². The second-order valence-electron chi connectivity index (χ2n) is 4.30. The fourth-order valence-corrected chi connectivity index (χ4v) is 1.84. The SMILES string of the molecule is N#CCCN(C(=O)c1cc(F)ccc1O)C1CC1. The molecule has 0 saturated heterocycles. The summed E-state index contributed by atoms with van der Waals surface area (Å²) in [6, 6.07) is 5.39. The number of carbonyl (C=O) groups excluding carboxylic acids is 1. The van der Waals surface area contributed by atoms with Gasteiger partial charge >= 0.3 is 0 Å². The van der Waals surface area contributed by atoms with Gasteiger partial charge in [0.25, 0.3) is 5.91 Å². The van der Waals surface area contributed by atoms with E-state index in [0.29, 0.717) is 6.54 Å². The number of nitrogens with zero attached hydrogens (tertiary/aromatic N) is 2. The topological polar surface area (TPSA) is 64.3 Å². The molecule has 0 aromatic heterocycles. The van der Waals surface area contributed by atoms with Crippen LogP contribution in [0.2, 0.25) is 0 Å². The van der Waals surface area contributed by atoms with Gasteiger partial charge in [-0.1, -0.05) is 0 Å². The minimum Gasteiger partial charge on any atom is -0.507 e. The van der Waals surface area contributed by atoms with Crippen molar-refractivity contribution in [3.05, 3.63) is 29.6 Å². The van der Waals surface area contributed by atoms with Crippen molar-refractivity contribution in [1.29, 1.82) is 5.26 Å². The van der Waals surface area contributed by atoms with E-state index in [9.17, 15) is 14.3 Å². The molecule has 1 aromatic rings. The Kier molecular flexibility index (Phi) is 3.47. The molecule has 1 aliphatic rings. The summed E-state index contributed by atoms with van der Waals surface area (Å²) in [5, 5.41) is 18.2. The first-order chi connectivity index (χ1) is 8.63. The van der Waals surface area contributed by atoms with E-state index in [1.165, 1.54) is 4.90 Å². The Morgan fingerprint density at radius 1 is 1.56 bits per heavy atom. The molecule has 0 unspecified atom stereocenters. The van der Waals surface area contributed by atoms with Crippen LogP contribution in [-0.2, 0) is 0 Å². The molecule has 1 amide bonds. The van der Waals surface area contributed by atoms with Crippen LogP contribution in [-0.4, -0.2) is 28.5 Å². The van der Waals surface area contributed by atoms with Gasteiger partial charge in [-0.25, -0.2) is 4.39 Å². The van der Waals surface area contributed by atoms with Gasteiger partial charge in [-0.05, 0) is 31.0 Å². The van der Waals surface area contributed by atoms with Gasteiger partial charge in [-0.2, -0.15) is 5.26 Å². The third-order valence-corrected chi connectivity index (χ3v) is 2.90. The number of carbonyl (C=O) groups is 1. The summed E-state index contributed by atoms with van der Waals surface area (Å²) in [6.07, 6.45) is 2.03. The highest BCUT2D eigenvalue weighted by Crippen LogP contribution is 2.30. The number of rotatable bonds is 4. The summed E-state index contributed by atoms with van der Waals surface area (Å²) in [5.74, 6) is -1.21. The average molecular weight is 248 g/mol. The smallest absolute Gasteiger partial charge is 0.257 e. The summed E-state index contributed by atoms with van der Waals surface area (Å²) in [6.45, 7) is 0.315. The Balaban J connectivity index is 2.22. The number of aromatic hydroxyl groups is 1. The summed E-state index contributed by atoms with van der Waals surface area (Å²) in [7, 11) is 0. The van der Waals surface area contributed by atoms with Gasteiger partial charge in [0.05, 0.1) is 18.1 Å². The molecular weight excluding hydrogens is 235 g/mol. The molecule has 1 N–H and O–H groups in total. The van der Waals surface area contributed by atoms with Crippen LogP contribution in [0.4, 0.5) is 4.39 Å². The zero-order valence-corrected chi connectivity index (χ0v) is 9.77. The van der Waals surface area contributed by atoms with Gasteiger partial charge in [-0.15, -0.1) is 0 Å². The standard InChI is InChI=1S/C13H13FN2O2/c14-9-2-5-12(17)11(8-9)13(18)16(7-1-6-15)10-3-4-10/h2,5,8,10,17H,1,3-4,7H2. The number of halogens is 1. The van der Waals surface area contributed by atoms with E-state index >= 15 is 0 Å². The van der Waals surface area contributed by atoms with Crippen molar-refractivity contribution < 1.29 is 14.3 Å². The second-order valence-corrected chi connectivity index (χ2v) is 4.30. The van der Waals surface area contributed by atoms with E-state index in [1.54, 1.807) is 0 Å². The number of nitriles is 1. The molecule has 94 valence electrons. The molecule has 0 spiro atoms. The third kappa shape index (κ3) is 2.59. The first-order valence-corrected chi connectivity index (χ1v) is 5.80. The molecule has 1 fully saturated rings. The summed E-state index contributed by atoms with van der Waals surface area (Å²) in [4.78, 5) is 13.7. The largest absolute Gasteiger partial charge is 0.507 e. The summed E-state index contributed by atoms with van der Waals surface area (Å²) < 4.78 is 13.1. The third-order valence-electron chi connectivity index (χ3n) is 2.90.